The van der Waals surface area contributed by atoms with Crippen LogP contribution in [-0.4, -0.2) is 42.1 Å². The minimum Gasteiger partial charge on any atom is -0.377 e. The summed E-state index contributed by atoms with van der Waals surface area (Å²) in [7, 11) is 1.72. The van der Waals surface area contributed by atoms with Crippen molar-refractivity contribution in [1.82, 2.24) is 9.88 Å². The lowest BCUT2D eigenvalue weighted by molar-refractivity contribution is 0.0529. The van der Waals surface area contributed by atoms with Gasteiger partial charge in [-0.15, -0.1) is 0 Å². The number of pyridine rings is 1. The van der Waals surface area contributed by atoms with Crippen molar-refractivity contribution in [3.05, 3.63) is 29.0 Å². The van der Waals surface area contributed by atoms with Crippen molar-refractivity contribution in [1.29, 1.82) is 0 Å². The number of likely N-dealkylation sites (N-methyl/N-ethyl adjacent to an activating group) is 1. The molecule has 1 rings (SSSR count). The molecule has 0 fully saturated rings. The molecular weight excluding hydrogens is 240 g/mol. The summed E-state index contributed by atoms with van der Waals surface area (Å²) in [6.07, 6.45) is 0.169. The van der Waals surface area contributed by atoms with E-state index < -0.39 is 0 Å². The molecule has 0 saturated heterocycles. The van der Waals surface area contributed by atoms with E-state index in [0.29, 0.717) is 24.0 Å². The fraction of sp³-hybridized carbons (Fsp3) is 0.500. The van der Waals surface area contributed by atoms with Gasteiger partial charge in [0.2, 0.25) is 0 Å². The van der Waals surface area contributed by atoms with Crippen LogP contribution in [0.4, 0.5) is 0 Å². The Morgan fingerprint density at radius 2 is 2.24 bits per heavy atom. The van der Waals surface area contributed by atoms with Gasteiger partial charge < -0.3 is 9.64 Å². The summed E-state index contributed by atoms with van der Waals surface area (Å²) in [6, 6.07) is 5.00. The van der Waals surface area contributed by atoms with Crippen LogP contribution in [0.5, 0.6) is 0 Å². The van der Waals surface area contributed by atoms with Gasteiger partial charge in [0.1, 0.15) is 10.8 Å². The topological polar surface area (TPSA) is 42.4 Å². The van der Waals surface area contributed by atoms with Crippen molar-refractivity contribution in [2.45, 2.75) is 20.0 Å². The van der Waals surface area contributed by atoms with Crippen LogP contribution in [0, 0.1) is 0 Å². The van der Waals surface area contributed by atoms with E-state index in [2.05, 4.69) is 4.98 Å². The maximum atomic E-state index is 11.9. The largest absolute Gasteiger partial charge is 0.377 e. The van der Waals surface area contributed by atoms with Crippen LogP contribution in [0.3, 0.4) is 0 Å². The van der Waals surface area contributed by atoms with Gasteiger partial charge in [-0.05, 0) is 26.0 Å². The third-order valence-corrected chi connectivity index (χ3v) is 2.37. The van der Waals surface area contributed by atoms with Crippen LogP contribution < -0.4 is 0 Å². The highest BCUT2D eigenvalue weighted by atomic mass is 35.5. The van der Waals surface area contributed by atoms with Gasteiger partial charge in [-0.1, -0.05) is 17.7 Å². The molecule has 0 radical (unpaired) electrons. The maximum Gasteiger partial charge on any atom is 0.272 e. The number of ether oxygens (including phenoxy) is 1. The van der Waals surface area contributed by atoms with Gasteiger partial charge in [0.15, 0.2) is 0 Å². The average molecular weight is 257 g/mol. The van der Waals surface area contributed by atoms with Gasteiger partial charge >= 0.3 is 0 Å². The summed E-state index contributed by atoms with van der Waals surface area (Å²) in [5.41, 5.74) is 0.351. The number of hydrogen-bond acceptors (Lipinski definition) is 3. The van der Waals surface area contributed by atoms with E-state index in [4.69, 9.17) is 16.3 Å². The van der Waals surface area contributed by atoms with E-state index in [1.807, 2.05) is 13.8 Å². The Bertz CT molecular complexity index is 383. The van der Waals surface area contributed by atoms with E-state index in [1.54, 1.807) is 30.1 Å². The lowest BCUT2D eigenvalue weighted by atomic mass is 10.3. The molecule has 0 aliphatic rings. The Hall–Kier alpha value is -1.13. The maximum absolute atomic E-state index is 11.9. The Balaban J connectivity index is 2.52. The Morgan fingerprint density at radius 1 is 1.53 bits per heavy atom. The predicted molar refractivity (Wildman–Crippen MR) is 67.3 cm³/mol. The van der Waals surface area contributed by atoms with E-state index >= 15 is 0 Å². The number of amides is 1. The second kappa shape index (κ2) is 6.57. The summed E-state index contributed by atoms with van der Waals surface area (Å²) < 4.78 is 5.38. The molecule has 1 amide bonds. The predicted octanol–water partition coefficient (Wildman–Crippen LogP) is 2.23. The Kier molecular flexibility index (Phi) is 5.38. The van der Waals surface area contributed by atoms with Gasteiger partial charge in [0.05, 0.1) is 12.7 Å². The van der Waals surface area contributed by atoms with Crippen molar-refractivity contribution in [3.63, 3.8) is 0 Å². The van der Waals surface area contributed by atoms with Crippen molar-refractivity contribution in [3.8, 4) is 0 Å². The standard InChI is InChI=1S/C12H17ClN2O2/c1-9(2)17-8-7-15(3)12(16)10-5-4-6-11(13)14-10/h4-6,9H,7-8H2,1-3H3. The molecule has 0 aliphatic heterocycles. The first-order valence-corrected chi connectivity index (χ1v) is 5.88. The molecule has 1 heterocycles. The lowest BCUT2D eigenvalue weighted by Gasteiger charge is -2.17. The second-order valence-electron chi connectivity index (χ2n) is 3.99. The van der Waals surface area contributed by atoms with E-state index in [1.165, 1.54) is 0 Å². The molecule has 0 N–H and O–H groups in total. The number of aromatic nitrogens is 1. The summed E-state index contributed by atoms with van der Waals surface area (Å²) >= 11 is 5.73. The van der Waals surface area contributed by atoms with Crippen molar-refractivity contribution < 1.29 is 9.53 Å². The molecular formula is C12H17ClN2O2. The van der Waals surface area contributed by atoms with Crippen LogP contribution in [0.15, 0.2) is 18.2 Å². The first kappa shape index (κ1) is 13.9. The molecule has 0 atom stereocenters. The number of nitrogens with zero attached hydrogens (tertiary/aromatic N) is 2. The first-order valence-electron chi connectivity index (χ1n) is 5.50. The molecule has 0 unspecified atom stereocenters. The van der Waals surface area contributed by atoms with Gasteiger partial charge in [-0.25, -0.2) is 4.98 Å². The van der Waals surface area contributed by atoms with Crippen LogP contribution in [0.25, 0.3) is 0 Å². The SMILES string of the molecule is CC(C)OCCN(C)C(=O)c1cccc(Cl)n1. The molecule has 0 saturated carbocycles. The van der Waals surface area contributed by atoms with E-state index in [0.717, 1.165) is 0 Å². The third-order valence-electron chi connectivity index (χ3n) is 2.16. The molecule has 5 heteroatoms. The zero-order chi connectivity index (χ0) is 12.8. The zero-order valence-corrected chi connectivity index (χ0v) is 11.1. The van der Waals surface area contributed by atoms with Gasteiger partial charge in [-0.3, -0.25) is 4.79 Å². The summed E-state index contributed by atoms with van der Waals surface area (Å²) in [5, 5.41) is 0.322. The molecule has 94 valence electrons. The molecule has 4 nitrogen and oxygen atoms in total. The zero-order valence-electron chi connectivity index (χ0n) is 10.3. The smallest absolute Gasteiger partial charge is 0.272 e. The molecule has 1 aromatic rings. The first-order chi connectivity index (χ1) is 8.00. The highest BCUT2D eigenvalue weighted by Crippen LogP contribution is 2.07. The molecule has 0 spiro atoms. The van der Waals surface area contributed by atoms with Crippen LogP contribution in [-0.2, 0) is 4.74 Å². The van der Waals surface area contributed by atoms with Crippen molar-refractivity contribution in [2.75, 3.05) is 20.2 Å². The van der Waals surface area contributed by atoms with Crippen molar-refractivity contribution >= 4 is 17.5 Å². The molecule has 0 aliphatic carbocycles. The number of halogens is 1. The minimum absolute atomic E-state index is 0.153. The fourth-order valence-corrected chi connectivity index (χ4v) is 1.41. The molecule has 0 bridgehead atoms. The van der Waals surface area contributed by atoms with Gasteiger partial charge in [0.25, 0.3) is 5.91 Å². The van der Waals surface area contributed by atoms with Gasteiger partial charge in [0, 0.05) is 13.6 Å². The highest BCUT2D eigenvalue weighted by molar-refractivity contribution is 6.29. The quantitative estimate of drug-likeness (QED) is 0.759. The number of rotatable bonds is 5. The monoisotopic (exact) mass is 256 g/mol. The number of carbonyl (C=O) groups is 1. The van der Waals surface area contributed by atoms with Crippen LogP contribution in [0.1, 0.15) is 24.3 Å². The molecule has 1 aromatic heterocycles. The number of carbonyl (C=O) groups excluding carboxylic acids is 1. The summed E-state index contributed by atoms with van der Waals surface area (Å²) in [4.78, 5) is 17.5. The summed E-state index contributed by atoms with van der Waals surface area (Å²) in [6.45, 7) is 4.96. The highest BCUT2D eigenvalue weighted by Gasteiger charge is 2.13. The minimum atomic E-state index is -0.153. The fourth-order valence-electron chi connectivity index (χ4n) is 1.25. The normalized spacial score (nSPS) is 10.6. The van der Waals surface area contributed by atoms with Gasteiger partial charge in [-0.2, -0.15) is 0 Å². The molecule has 0 aromatic carbocycles. The second-order valence-corrected chi connectivity index (χ2v) is 4.38. The van der Waals surface area contributed by atoms with E-state index in [9.17, 15) is 4.79 Å². The van der Waals surface area contributed by atoms with Crippen LogP contribution in [0.2, 0.25) is 5.15 Å². The van der Waals surface area contributed by atoms with Crippen molar-refractivity contribution in [2.24, 2.45) is 0 Å². The number of hydrogen-bond donors (Lipinski definition) is 0. The molecule has 17 heavy (non-hydrogen) atoms. The Labute approximate surface area is 107 Å². The van der Waals surface area contributed by atoms with Crippen LogP contribution >= 0.6 is 11.6 Å². The Morgan fingerprint density at radius 3 is 2.82 bits per heavy atom. The third kappa shape index (κ3) is 4.71. The lowest BCUT2D eigenvalue weighted by Crippen LogP contribution is -2.31. The summed E-state index contributed by atoms with van der Waals surface area (Å²) in [5.74, 6) is -0.153. The average Bonchev–Trinajstić information content (AvgIpc) is 2.27. The van der Waals surface area contributed by atoms with E-state index in [-0.39, 0.29) is 12.0 Å².